The molecule has 0 aliphatic carbocycles. The molecule has 0 amide bonds. The predicted molar refractivity (Wildman–Crippen MR) is 82.0 cm³/mol. The lowest BCUT2D eigenvalue weighted by Gasteiger charge is -2.08. The molecule has 1 N–H and O–H groups in total. The second-order valence-electron chi connectivity index (χ2n) is 4.00. The molecule has 3 nitrogen and oxygen atoms in total. The van der Waals surface area contributed by atoms with E-state index < -0.39 is 0 Å². The Bertz CT molecular complexity index is 728. The van der Waals surface area contributed by atoms with Crippen LogP contribution in [-0.2, 0) is 0 Å². The van der Waals surface area contributed by atoms with Crippen LogP contribution in [0.4, 0.5) is 11.6 Å². The summed E-state index contributed by atoms with van der Waals surface area (Å²) in [5.41, 5.74) is 0.933. The van der Waals surface area contributed by atoms with E-state index in [2.05, 4.69) is 31.2 Å². The molecular weight excluding hydrogens is 326 g/mol. The van der Waals surface area contributed by atoms with Crippen molar-refractivity contribution in [2.75, 3.05) is 5.32 Å². The fourth-order valence-corrected chi connectivity index (χ4v) is 2.30. The van der Waals surface area contributed by atoms with Crippen molar-refractivity contribution in [2.24, 2.45) is 0 Å². The Morgan fingerprint density at radius 1 is 1.11 bits per heavy atom. The summed E-state index contributed by atoms with van der Waals surface area (Å²) >= 11 is 9.32. The lowest BCUT2D eigenvalue weighted by atomic mass is 10.2. The fourth-order valence-electron chi connectivity index (χ4n) is 1.75. The first-order chi connectivity index (χ1) is 9.22. The summed E-state index contributed by atoms with van der Waals surface area (Å²) in [6.07, 6.45) is 1.60. The zero-order valence-electron chi connectivity index (χ0n) is 9.77. The number of pyridine rings is 2. The molecule has 3 rings (SSSR count). The molecule has 0 radical (unpaired) electrons. The Morgan fingerprint density at radius 2 is 1.95 bits per heavy atom. The molecule has 2 heterocycles. The third-order valence-corrected chi connectivity index (χ3v) is 3.48. The van der Waals surface area contributed by atoms with Crippen molar-refractivity contribution in [3.05, 3.63) is 58.2 Å². The van der Waals surface area contributed by atoms with E-state index >= 15 is 0 Å². The van der Waals surface area contributed by atoms with Gasteiger partial charge in [-0.3, -0.25) is 0 Å². The molecule has 2 aromatic heterocycles. The van der Waals surface area contributed by atoms with Gasteiger partial charge in [-0.25, -0.2) is 9.97 Å². The van der Waals surface area contributed by atoms with Crippen LogP contribution in [0.2, 0.25) is 5.02 Å². The van der Waals surface area contributed by atoms with Gasteiger partial charge in [0.15, 0.2) is 0 Å². The number of para-hydroxylation sites is 1. The number of hydrogen-bond acceptors (Lipinski definition) is 3. The van der Waals surface area contributed by atoms with E-state index in [0.29, 0.717) is 10.8 Å². The zero-order valence-corrected chi connectivity index (χ0v) is 12.1. The van der Waals surface area contributed by atoms with Crippen molar-refractivity contribution in [1.82, 2.24) is 9.97 Å². The summed E-state index contributed by atoms with van der Waals surface area (Å²) < 4.78 is 0.892. The Labute approximate surface area is 123 Å². The maximum atomic E-state index is 5.81. The summed E-state index contributed by atoms with van der Waals surface area (Å²) in [4.78, 5) is 8.75. The van der Waals surface area contributed by atoms with E-state index in [1.807, 2.05) is 36.4 Å². The highest BCUT2D eigenvalue weighted by molar-refractivity contribution is 9.10. The highest BCUT2D eigenvalue weighted by Gasteiger charge is 2.05. The second kappa shape index (κ2) is 5.15. The molecule has 0 atom stereocenters. The molecule has 5 heteroatoms. The Balaban J connectivity index is 2.00. The number of fused-ring (bicyclic) bond motifs is 1. The quantitative estimate of drug-likeness (QED) is 0.732. The van der Waals surface area contributed by atoms with E-state index in [9.17, 15) is 0 Å². The van der Waals surface area contributed by atoms with Crippen LogP contribution in [0.15, 0.2) is 53.1 Å². The number of benzene rings is 1. The van der Waals surface area contributed by atoms with E-state index in [4.69, 9.17) is 11.6 Å². The standard InChI is InChI=1S/C14H9BrClN3/c15-11-7-9-3-1-2-4-12(9)18-14(11)19-13-6-5-10(16)8-17-13/h1-8H,(H,17,18,19). The summed E-state index contributed by atoms with van der Waals surface area (Å²) in [5.74, 6) is 1.43. The normalized spacial score (nSPS) is 10.6. The number of anilines is 2. The van der Waals surface area contributed by atoms with E-state index in [0.717, 1.165) is 21.2 Å². The summed E-state index contributed by atoms with van der Waals surface area (Å²) in [5, 5.41) is 4.86. The number of rotatable bonds is 2. The van der Waals surface area contributed by atoms with Crippen LogP contribution < -0.4 is 5.32 Å². The molecule has 0 unspecified atom stereocenters. The van der Waals surface area contributed by atoms with Crippen molar-refractivity contribution in [1.29, 1.82) is 0 Å². The van der Waals surface area contributed by atoms with Crippen LogP contribution in [0.3, 0.4) is 0 Å². The maximum Gasteiger partial charge on any atom is 0.146 e. The Morgan fingerprint density at radius 3 is 2.74 bits per heavy atom. The number of nitrogens with one attached hydrogen (secondary N) is 1. The van der Waals surface area contributed by atoms with E-state index in [1.54, 1.807) is 12.3 Å². The lowest BCUT2D eigenvalue weighted by molar-refractivity contribution is 1.27. The molecular formula is C14H9BrClN3. The van der Waals surface area contributed by atoms with Crippen molar-refractivity contribution in [3.63, 3.8) is 0 Å². The molecule has 3 aromatic rings. The van der Waals surface area contributed by atoms with Crippen molar-refractivity contribution >= 4 is 50.1 Å². The van der Waals surface area contributed by atoms with Gasteiger partial charge in [-0.2, -0.15) is 0 Å². The maximum absolute atomic E-state index is 5.81. The summed E-state index contributed by atoms with van der Waals surface area (Å²) in [6.45, 7) is 0. The van der Waals surface area contributed by atoms with Crippen molar-refractivity contribution in [3.8, 4) is 0 Å². The van der Waals surface area contributed by atoms with E-state index in [1.165, 1.54) is 0 Å². The number of halogens is 2. The fraction of sp³-hybridized carbons (Fsp3) is 0. The topological polar surface area (TPSA) is 37.8 Å². The minimum absolute atomic E-state index is 0.607. The Kier molecular flexibility index (Phi) is 3.36. The first-order valence-corrected chi connectivity index (χ1v) is 6.83. The van der Waals surface area contributed by atoms with Gasteiger partial charge in [-0.1, -0.05) is 29.8 Å². The average molecular weight is 335 g/mol. The smallest absolute Gasteiger partial charge is 0.146 e. The third kappa shape index (κ3) is 2.69. The first kappa shape index (κ1) is 12.4. The minimum Gasteiger partial charge on any atom is -0.324 e. The molecule has 0 aliphatic heterocycles. The number of hydrogen-bond donors (Lipinski definition) is 1. The van der Waals surface area contributed by atoms with Crippen LogP contribution >= 0.6 is 27.5 Å². The van der Waals surface area contributed by atoms with Crippen molar-refractivity contribution in [2.45, 2.75) is 0 Å². The van der Waals surface area contributed by atoms with E-state index in [-0.39, 0.29) is 0 Å². The third-order valence-electron chi connectivity index (χ3n) is 2.65. The average Bonchev–Trinajstić information content (AvgIpc) is 2.42. The molecule has 0 fully saturated rings. The zero-order chi connectivity index (χ0) is 13.2. The highest BCUT2D eigenvalue weighted by atomic mass is 79.9. The van der Waals surface area contributed by atoms with Gasteiger partial charge in [0.05, 0.1) is 15.0 Å². The second-order valence-corrected chi connectivity index (χ2v) is 5.29. The van der Waals surface area contributed by atoms with Gasteiger partial charge in [-0.15, -0.1) is 0 Å². The van der Waals surface area contributed by atoms with Crippen LogP contribution in [0, 0.1) is 0 Å². The molecule has 0 saturated carbocycles. The molecule has 19 heavy (non-hydrogen) atoms. The van der Waals surface area contributed by atoms with Crippen LogP contribution in [-0.4, -0.2) is 9.97 Å². The van der Waals surface area contributed by atoms with Gasteiger partial charge < -0.3 is 5.32 Å². The SMILES string of the molecule is Clc1ccc(Nc2nc3ccccc3cc2Br)nc1. The van der Waals surface area contributed by atoms with Gasteiger partial charge in [-0.05, 0) is 40.2 Å². The first-order valence-electron chi connectivity index (χ1n) is 5.66. The van der Waals surface area contributed by atoms with Crippen LogP contribution in [0.25, 0.3) is 10.9 Å². The van der Waals surface area contributed by atoms with Crippen LogP contribution in [0.5, 0.6) is 0 Å². The highest BCUT2D eigenvalue weighted by Crippen LogP contribution is 2.27. The largest absolute Gasteiger partial charge is 0.324 e. The molecule has 1 aromatic carbocycles. The molecule has 0 saturated heterocycles. The van der Waals surface area contributed by atoms with Crippen molar-refractivity contribution < 1.29 is 0 Å². The van der Waals surface area contributed by atoms with Gasteiger partial charge in [0.1, 0.15) is 11.6 Å². The monoisotopic (exact) mass is 333 g/mol. The van der Waals surface area contributed by atoms with Gasteiger partial charge >= 0.3 is 0 Å². The predicted octanol–water partition coefficient (Wildman–Crippen LogP) is 4.79. The van der Waals surface area contributed by atoms with Gasteiger partial charge in [0.25, 0.3) is 0 Å². The number of nitrogens with zero attached hydrogens (tertiary/aromatic N) is 2. The summed E-state index contributed by atoms with van der Waals surface area (Å²) in [6, 6.07) is 13.6. The van der Waals surface area contributed by atoms with Gasteiger partial charge in [0, 0.05) is 11.6 Å². The Hall–Kier alpha value is -1.65. The summed E-state index contributed by atoms with van der Waals surface area (Å²) in [7, 11) is 0. The minimum atomic E-state index is 0.607. The molecule has 0 aliphatic rings. The molecule has 94 valence electrons. The van der Waals surface area contributed by atoms with Crippen LogP contribution in [0.1, 0.15) is 0 Å². The van der Waals surface area contributed by atoms with Gasteiger partial charge in [0.2, 0.25) is 0 Å². The lowest BCUT2D eigenvalue weighted by Crippen LogP contribution is -1.97. The number of aromatic nitrogens is 2. The molecule has 0 spiro atoms. The molecule has 0 bridgehead atoms.